The number of rotatable bonds is 6. The number of piperidine rings is 1. The second-order valence-corrected chi connectivity index (χ2v) is 7.86. The van der Waals surface area contributed by atoms with Gasteiger partial charge in [0, 0.05) is 37.3 Å². The lowest BCUT2D eigenvalue weighted by molar-refractivity contribution is -0.384. The molecule has 2 aromatic carbocycles. The first kappa shape index (κ1) is 22.9. The minimum absolute atomic E-state index is 0.0572. The molecule has 1 aliphatic heterocycles. The molecule has 1 aliphatic rings. The fourth-order valence-corrected chi connectivity index (χ4v) is 3.65. The van der Waals surface area contributed by atoms with E-state index in [1.165, 1.54) is 24.3 Å². The maximum Gasteiger partial charge on any atom is 0.309 e. The van der Waals surface area contributed by atoms with E-state index >= 15 is 0 Å². The van der Waals surface area contributed by atoms with Crippen molar-refractivity contribution in [2.75, 3.05) is 19.6 Å². The van der Waals surface area contributed by atoms with Crippen LogP contribution in [0.5, 0.6) is 0 Å². The normalized spacial score (nSPS) is 15.0. The number of carbonyl (C=O) groups is 3. The van der Waals surface area contributed by atoms with Gasteiger partial charge in [0.05, 0.1) is 11.0 Å². The van der Waals surface area contributed by atoms with Crippen LogP contribution in [0.15, 0.2) is 54.6 Å². The van der Waals surface area contributed by atoms with Gasteiger partial charge in [-0.15, -0.1) is 0 Å². The topological polar surface area (TPSA) is 122 Å². The Morgan fingerprint density at radius 1 is 1.03 bits per heavy atom. The monoisotopic (exact) mass is 438 g/mol. The fraction of sp³-hybridized carbons (Fsp3) is 0.348. The lowest BCUT2D eigenvalue weighted by Gasteiger charge is -2.32. The van der Waals surface area contributed by atoms with Gasteiger partial charge in [-0.2, -0.15) is 0 Å². The third-order valence-electron chi connectivity index (χ3n) is 5.63. The van der Waals surface area contributed by atoms with Gasteiger partial charge in [0.2, 0.25) is 0 Å². The molecule has 1 atom stereocenters. The summed E-state index contributed by atoms with van der Waals surface area (Å²) >= 11 is 0. The number of hydrogen-bond acceptors (Lipinski definition) is 5. The van der Waals surface area contributed by atoms with Crippen LogP contribution in [-0.4, -0.2) is 47.2 Å². The van der Waals surface area contributed by atoms with Crippen LogP contribution in [0.2, 0.25) is 0 Å². The molecule has 9 nitrogen and oxygen atoms in total. The highest BCUT2D eigenvalue weighted by atomic mass is 16.6. The van der Waals surface area contributed by atoms with Gasteiger partial charge >= 0.3 is 11.8 Å². The average Bonchev–Trinajstić information content (AvgIpc) is 2.83. The highest BCUT2D eigenvalue weighted by Crippen LogP contribution is 2.20. The zero-order chi connectivity index (χ0) is 23.1. The van der Waals surface area contributed by atoms with Crippen molar-refractivity contribution in [1.29, 1.82) is 0 Å². The molecule has 32 heavy (non-hydrogen) atoms. The molecule has 0 spiro atoms. The molecule has 0 saturated carbocycles. The lowest BCUT2D eigenvalue weighted by Crippen LogP contribution is -2.45. The predicted molar refractivity (Wildman–Crippen MR) is 118 cm³/mol. The summed E-state index contributed by atoms with van der Waals surface area (Å²) in [5, 5.41) is 16.1. The Hall–Kier alpha value is -3.75. The molecular formula is C23H26N4O5. The maximum atomic E-state index is 12.6. The molecule has 0 unspecified atom stereocenters. The minimum atomic E-state index is -0.674. The first-order valence-corrected chi connectivity index (χ1v) is 10.5. The van der Waals surface area contributed by atoms with Crippen molar-refractivity contribution in [3.05, 3.63) is 75.8 Å². The van der Waals surface area contributed by atoms with Crippen molar-refractivity contribution in [2.45, 2.75) is 25.8 Å². The smallest absolute Gasteiger partial charge is 0.309 e. The van der Waals surface area contributed by atoms with Gasteiger partial charge in [-0.1, -0.05) is 30.3 Å². The molecular weight excluding hydrogens is 412 g/mol. The Balaban J connectivity index is 1.41. The number of likely N-dealkylation sites (tertiary alicyclic amines) is 1. The van der Waals surface area contributed by atoms with Gasteiger partial charge in [0.15, 0.2) is 0 Å². The van der Waals surface area contributed by atoms with Gasteiger partial charge in [-0.25, -0.2) is 0 Å². The molecule has 2 N–H and O–H groups in total. The number of nitro groups is 1. The summed E-state index contributed by atoms with van der Waals surface area (Å²) in [7, 11) is 0. The Labute approximate surface area is 185 Å². The van der Waals surface area contributed by atoms with E-state index in [9.17, 15) is 24.5 Å². The number of nitrogens with one attached hydrogen (secondary N) is 2. The first-order chi connectivity index (χ1) is 15.3. The molecule has 1 heterocycles. The number of amides is 3. The van der Waals surface area contributed by atoms with E-state index in [1.807, 2.05) is 37.3 Å². The summed E-state index contributed by atoms with van der Waals surface area (Å²) in [6, 6.07) is 14.7. The van der Waals surface area contributed by atoms with Gasteiger partial charge < -0.3 is 15.5 Å². The lowest BCUT2D eigenvalue weighted by atomic mass is 9.96. The van der Waals surface area contributed by atoms with Crippen LogP contribution in [0.1, 0.15) is 41.7 Å². The van der Waals surface area contributed by atoms with Crippen LogP contribution in [0, 0.1) is 16.0 Å². The molecule has 1 fully saturated rings. The summed E-state index contributed by atoms with van der Waals surface area (Å²) in [6.07, 6.45) is 1.39. The molecule has 0 radical (unpaired) electrons. The van der Waals surface area contributed by atoms with Gasteiger partial charge in [-0.3, -0.25) is 24.5 Å². The van der Waals surface area contributed by atoms with Crippen molar-refractivity contribution < 1.29 is 19.3 Å². The largest absolute Gasteiger partial charge is 0.348 e. The van der Waals surface area contributed by atoms with E-state index in [2.05, 4.69) is 10.6 Å². The second kappa shape index (κ2) is 10.5. The molecule has 1 saturated heterocycles. The molecule has 168 valence electrons. The van der Waals surface area contributed by atoms with E-state index in [-0.39, 0.29) is 23.6 Å². The number of carbonyl (C=O) groups excluding carboxylic acids is 3. The summed E-state index contributed by atoms with van der Waals surface area (Å²) < 4.78 is 0. The molecule has 0 bridgehead atoms. The van der Waals surface area contributed by atoms with Crippen LogP contribution >= 0.6 is 0 Å². The van der Waals surface area contributed by atoms with E-state index in [0.29, 0.717) is 38.0 Å². The third-order valence-corrected chi connectivity index (χ3v) is 5.63. The molecule has 2 aromatic rings. The van der Waals surface area contributed by atoms with Crippen LogP contribution < -0.4 is 10.6 Å². The standard InChI is InChI=1S/C23H26N4O5/c1-16(18-5-3-2-4-6-18)25-22(29)21(28)24-15-17-11-13-26(14-12-17)23(30)19-7-9-20(10-8-19)27(31)32/h2-10,16-17H,11-15H2,1H3,(H,24,28)(H,25,29)/t16-/m1/s1. The van der Waals surface area contributed by atoms with Crippen LogP contribution in [0.4, 0.5) is 5.69 Å². The number of benzene rings is 2. The van der Waals surface area contributed by atoms with Gasteiger partial charge in [-0.05, 0) is 43.4 Å². The number of nitrogens with zero attached hydrogens (tertiary/aromatic N) is 2. The third kappa shape index (κ3) is 5.90. The Kier molecular flexibility index (Phi) is 7.54. The molecule has 3 rings (SSSR count). The summed E-state index contributed by atoms with van der Waals surface area (Å²) in [5.41, 5.74) is 1.27. The highest BCUT2D eigenvalue weighted by Gasteiger charge is 2.25. The Morgan fingerprint density at radius 2 is 1.66 bits per heavy atom. The van der Waals surface area contributed by atoms with Crippen molar-refractivity contribution in [1.82, 2.24) is 15.5 Å². The average molecular weight is 438 g/mol. The number of hydrogen-bond donors (Lipinski definition) is 2. The minimum Gasteiger partial charge on any atom is -0.348 e. The Bertz CT molecular complexity index is 970. The van der Waals surface area contributed by atoms with E-state index in [1.54, 1.807) is 4.90 Å². The summed E-state index contributed by atoms with van der Waals surface area (Å²) in [5.74, 6) is -1.35. The van der Waals surface area contributed by atoms with E-state index in [0.717, 1.165) is 5.56 Å². The molecule has 9 heteroatoms. The summed E-state index contributed by atoms with van der Waals surface area (Å²) in [4.78, 5) is 48.8. The SMILES string of the molecule is C[C@@H](NC(=O)C(=O)NCC1CCN(C(=O)c2ccc([N+](=O)[O-])cc2)CC1)c1ccccc1. The van der Waals surface area contributed by atoms with Crippen molar-refractivity contribution in [3.8, 4) is 0 Å². The number of nitro benzene ring substituents is 1. The zero-order valence-electron chi connectivity index (χ0n) is 17.8. The zero-order valence-corrected chi connectivity index (χ0v) is 17.8. The van der Waals surface area contributed by atoms with E-state index < -0.39 is 16.7 Å². The second-order valence-electron chi connectivity index (χ2n) is 7.86. The predicted octanol–water partition coefficient (Wildman–Crippen LogP) is 2.44. The molecule has 3 amide bonds. The molecule has 0 aromatic heterocycles. The Morgan fingerprint density at radius 3 is 2.25 bits per heavy atom. The summed E-state index contributed by atoms with van der Waals surface area (Å²) in [6.45, 7) is 3.23. The van der Waals surface area contributed by atoms with E-state index in [4.69, 9.17) is 0 Å². The van der Waals surface area contributed by atoms with Crippen molar-refractivity contribution >= 4 is 23.4 Å². The highest BCUT2D eigenvalue weighted by molar-refractivity contribution is 6.35. The van der Waals surface area contributed by atoms with Crippen LogP contribution in [0.3, 0.4) is 0 Å². The maximum absolute atomic E-state index is 12.6. The number of non-ortho nitro benzene ring substituents is 1. The first-order valence-electron chi connectivity index (χ1n) is 10.5. The van der Waals surface area contributed by atoms with Gasteiger partial charge in [0.25, 0.3) is 11.6 Å². The van der Waals surface area contributed by atoms with Crippen molar-refractivity contribution in [2.24, 2.45) is 5.92 Å². The van der Waals surface area contributed by atoms with Crippen LogP contribution in [0.25, 0.3) is 0 Å². The molecule has 0 aliphatic carbocycles. The van der Waals surface area contributed by atoms with Gasteiger partial charge in [0.1, 0.15) is 0 Å². The van der Waals surface area contributed by atoms with Crippen molar-refractivity contribution in [3.63, 3.8) is 0 Å². The quantitative estimate of drug-likeness (QED) is 0.408. The fourth-order valence-electron chi connectivity index (χ4n) is 3.65. The van der Waals surface area contributed by atoms with Crippen LogP contribution in [-0.2, 0) is 9.59 Å².